The predicted molar refractivity (Wildman–Crippen MR) is 59.7 cm³/mol. The second-order valence-electron chi connectivity index (χ2n) is 3.93. The molecule has 15 heavy (non-hydrogen) atoms. The van der Waals surface area contributed by atoms with Gasteiger partial charge in [-0.3, -0.25) is 0 Å². The lowest BCUT2D eigenvalue weighted by Gasteiger charge is -2.38. The number of sulfone groups is 1. The molecule has 0 unspecified atom stereocenters. The fourth-order valence-corrected chi connectivity index (χ4v) is 2.26. The molecular weight excluding hydrogens is 212 g/mol. The fraction of sp³-hybridized carbons (Fsp3) is 0.400. The molecule has 5 heteroatoms. The monoisotopic (exact) mass is 226 g/mol. The van der Waals surface area contributed by atoms with Gasteiger partial charge in [0.1, 0.15) is 0 Å². The molecule has 1 aliphatic heterocycles. The summed E-state index contributed by atoms with van der Waals surface area (Å²) in [6.07, 6.45) is 1.21. The molecule has 0 saturated carbocycles. The van der Waals surface area contributed by atoms with Crippen molar-refractivity contribution in [2.75, 3.05) is 24.2 Å². The largest absolute Gasteiger partial charge is 0.368 e. The van der Waals surface area contributed by atoms with E-state index in [1.54, 1.807) is 12.1 Å². The molecule has 0 bridgehead atoms. The molecule has 2 N–H and O–H groups in total. The minimum absolute atomic E-state index is 0.250. The molecule has 0 spiro atoms. The summed E-state index contributed by atoms with van der Waals surface area (Å²) in [4.78, 5) is 2.48. The summed E-state index contributed by atoms with van der Waals surface area (Å²) in [5.41, 5.74) is 6.70. The molecule has 0 aliphatic carbocycles. The Kier molecular flexibility index (Phi) is 2.44. The molecule has 0 amide bonds. The van der Waals surface area contributed by atoms with Crippen LogP contribution in [-0.4, -0.2) is 33.8 Å². The predicted octanol–water partition coefficient (Wildman–Crippen LogP) is 0.237. The van der Waals surface area contributed by atoms with Crippen LogP contribution in [0.1, 0.15) is 0 Å². The Labute approximate surface area is 89.6 Å². The molecule has 82 valence electrons. The fourth-order valence-electron chi connectivity index (χ4n) is 1.63. The number of hydrogen-bond donors (Lipinski definition) is 1. The van der Waals surface area contributed by atoms with Crippen molar-refractivity contribution in [3.05, 3.63) is 24.3 Å². The standard InChI is InChI=1S/C10H14N2O2S/c1-15(13,14)10-4-2-9(3-5-10)12-6-8(11)7-12/h2-5,8H,6-7,11H2,1H3. The van der Waals surface area contributed by atoms with Gasteiger partial charge in [-0.1, -0.05) is 0 Å². The Morgan fingerprint density at radius 3 is 2.20 bits per heavy atom. The summed E-state index contributed by atoms with van der Waals surface area (Å²) >= 11 is 0. The molecule has 1 heterocycles. The van der Waals surface area contributed by atoms with E-state index in [4.69, 9.17) is 5.73 Å². The van der Waals surface area contributed by atoms with Gasteiger partial charge in [0, 0.05) is 31.1 Å². The molecule has 1 saturated heterocycles. The highest BCUT2D eigenvalue weighted by Crippen LogP contribution is 2.21. The van der Waals surface area contributed by atoms with Crippen molar-refractivity contribution in [3.63, 3.8) is 0 Å². The lowest BCUT2D eigenvalue weighted by Crippen LogP contribution is -2.55. The van der Waals surface area contributed by atoms with Crippen LogP contribution in [0.4, 0.5) is 5.69 Å². The van der Waals surface area contributed by atoms with Gasteiger partial charge in [-0.2, -0.15) is 0 Å². The smallest absolute Gasteiger partial charge is 0.175 e. The average Bonchev–Trinajstić information content (AvgIpc) is 2.12. The molecule has 1 aromatic rings. The van der Waals surface area contributed by atoms with E-state index in [0.29, 0.717) is 4.90 Å². The lowest BCUT2D eigenvalue weighted by atomic mass is 10.1. The molecule has 1 fully saturated rings. The van der Waals surface area contributed by atoms with E-state index in [-0.39, 0.29) is 6.04 Å². The molecule has 0 radical (unpaired) electrons. The lowest BCUT2D eigenvalue weighted by molar-refractivity contribution is 0.519. The van der Waals surface area contributed by atoms with Crippen molar-refractivity contribution in [1.82, 2.24) is 0 Å². The molecule has 1 aliphatic rings. The van der Waals surface area contributed by atoms with Crippen molar-refractivity contribution in [2.45, 2.75) is 10.9 Å². The molecule has 4 nitrogen and oxygen atoms in total. The van der Waals surface area contributed by atoms with Gasteiger partial charge in [0.15, 0.2) is 9.84 Å². The second-order valence-corrected chi connectivity index (χ2v) is 5.95. The van der Waals surface area contributed by atoms with Gasteiger partial charge in [-0.15, -0.1) is 0 Å². The summed E-state index contributed by atoms with van der Waals surface area (Å²) in [6, 6.07) is 7.16. The average molecular weight is 226 g/mol. The first-order chi connectivity index (χ1) is 6.97. The normalized spacial score (nSPS) is 17.6. The van der Waals surface area contributed by atoms with Gasteiger partial charge in [-0.25, -0.2) is 8.42 Å². The maximum absolute atomic E-state index is 11.2. The van der Waals surface area contributed by atoms with Crippen LogP contribution in [0.25, 0.3) is 0 Å². The third-order valence-corrected chi connectivity index (χ3v) is 3.67. The highest BCUT2D eigenvalue weighted by Gasteiger charge is 2.23. The summed E-state index contributed by atoms with van der Waals surface area (Å²) in [5.74, 6) is 0. The number of nitrogens with two attached hydrogens (primary N) is 1. The zero-order chi connectivity index (χ0) is 11.1. The van der Waals surface area contributed by atoms with Crippen LogP contribution in [0.3, 0.4) is 0 Å². The van der Waals surface area contributed by atoms with Crippen LogP contribution in [0.15, 0.2) is 29.2 Å². The van der Waals surface area contributed by atoms with E-state index in [2.05, 4.69) is 4.90 Å². The van der Waals surface area contributed by atoms with Gasteiger partial charge in [0.05, 0.1) is 4.90 Å². The molecular formula is C10H14N2O2S. The van der Waals surface area contributed by atoms with E-state index in [1.165, 1.54) is 6.26 Å². The SMILES string of the molecule is CS(=O)(=O)c1ccc(N2CC(N)C2)cc1. The number of benzene rings is 1. The zero-order valence-electron chi connectivity index (χ0n) is 8.55. The van der Waals surface area contributed by atoms with E-state index in [9.17, 15) is 8.42 Å². The van der Waals surface area contributed by atoms with E-state index >= 15 is 0 Å². The van der Waals surface area contributed by atoms with Gasteiger partial charge < -0.3 is 10.6 Å². The summed E-state index contributed by atoms with van der Waals surface area (Å²) in [7, 11) is -3.09. The van der Waals surface area contributed by atoms with Gasteiger partial charge in [-0.05, 0) is 24.3 Å². The molecule has 0 atom stereocenters. The van der Waals surface area contributed by atoms with E-state index < -0.39 is 9.84 Å². The maximum Gasteiger partial charge on any atom is 0.175 e. The van der Waals surface area contributed by atoms with Crippen molar-refractivity contribution >= 4 is 15.5 Å². The van der Waals surface area contributed by atoms with Crippen molar-refractivity contribution in [1.29, 1.82) is 0 Å². The Balaban J connectivity index is 2.18. The highest BCUT2D eigenvalue weighted by atomic mass is 32.2. The van der Waals surface area contributed by atoms with Crippen molar-refractivity contribution in [2.24, 2.45) is 5.73 Å². The summed E-state index contributed by atoms with van der Waals surface area (Å²) in [5, 5.41) is 0. The first-order valence-corrected chi connectivity index (χ1v) is 6.66. The van der Waals surface area contributed by atoms with Gasteiger partial charge in [0.2, 0.25) is 0 Å². The summed E-state index contributed by atoms with van der Waals surface area (Å²) < 4.78 is 22.4. The first-order valence-electron chi connectivity index (χ1n) is 4.77. The Hall–Kier alpha value is -1.07. The molecule has 0 aromatic heterocycles. The highest BCUT2D eigenvalue weighted by molar-refractivity contribution is 7.90. The minimum Gasteiger partial charge on any atom is -0.368 e. The van der Waals surface area contributed by atoms with E-state index in [0.717, 1.165) is 18.8 Å². The Morgan fingerprint density at radius 2 is 1.80 bits per heavy atom. The van der Waals surface area contributed by atoms with Crippen LogP contribution >= 0.6 is 0 Å². The van der Waals surface area contributed by atoms with Crippen LogP contribution in [-0.2, 0) is 9.84 Å². The van der Waals surface area contributed by atoms with E-state index in [1.807, 2.05) is 12.1 Å². The van der Waals surface area contributed by atoms with Crippen molar-refractivity contribution < 1.29 is 8.42 Å². The second kappa shape index (κ2) is 3.50. The Bertz CT molecular complexity index is 447. The molecule has 1 aromatic carbocycles. The van der Waals surface area contributed by atoms with Crippen LogP contribution < -0.4 is 10.6 Å². The number of nitrogens with zero attached hydrogens (tertiary/aromatic N) is 1. The zero-order valence-corrected chi connectivity index (χ0v) is 9.37. The number of hydrogen-bond acceptors (Lipinski definition) is 4. The van der Waals surface area contributed by atoms with Crippen molar-refractivity contribution in [3.8, 4) is 0 Å². The van der Waals surface area contributed by atoms with Crippen LogP contribution in [0, 0.1) is 0 Å². The van der Waals surface area contributed by atoms with Crippen LogP contribution in [0.5, 0.6) is 0 Å². The van der Waals surface area contributed by atoms with Gasteiger partial charge in [0.25, 0.3) is 0 Å². The quantitative estimate of drug-likeness (QED) is 0.784. The third-order valence-electron chi connectivity index (χ3n) is 2.54. The number of rotatable bonds is 2. The third kappa shape index (κ3) is 2.13. The Morgan fingerprint density at radius 1 is 1.27 bits per heavy atom. The molecule has 2 rings (SSSR count). The first kappa shape index (κ1) is 10.4. The van der Waals surface area contributed by atoms with Crippen LogP contribution in [0.2, 0.25) is 0 Å². The maximum atomic E-state index is 11.2. The number of anilines is 1. The van der Waals surface area contributed by atoms with Gasteiger partial charge >= 0.3 is 0 Å². The minimum atomic E-state index is -3.09. The topological polar surface area (TPSA) is 63.4 Å². The summed E-state index contributed by atoms with van der Waals surface area (Å²) in [6.45, 7) is 1.69.